The molecule has 6 N–H and O–H groups in total. The molecule has 0 heterocycles. The van der Waals surface area contributed by atoms with Crippen molar-refractivity contribution < 1.29 is 17.5 Å². The Balaban J connectivity index is 0.000000385. The summed E-state index contributed by atoms with van der Waals surface area (Å²) in [5.41, 5.74) is 16.4. The summed E-state index contributed by atoms with van der Waals surface area (Å²) in [4.78, 5) is 0. The molecule has 0 saturated carbocycles. The number of benzene rings is 1. The maximum atomic E-state index is 8.74. The summed E-state index contributed by atoms with van der Waals surface area (Å²) in [6, 6.07) is 2.01. The lowest BCUT2D eigenvalue weighted by Crippen LogP contribution is -2.00. The number of aryl methyl sites for hydroxylation is 2. The maximum Gasteiger partial charge on any atom is 0.394 e. The summed E-state index contributed by atoms with van der Waals surface area (Å²) >= 11 is 0. The summed E-state index contributed by atoms with van der Waals surface area (Å²) in [5.74, 6) is 0. The van der Waals surface area contributed by atoms with Crippen LogP contribution in [0.3, 0.4) is 0 Å². The summed E-state index contributed by atoms with van der Waals surface area (Å²) in [6.07, 6.45) is 0. The molecular formula is C9H16N2O4S. The summed E-state index contributed by atoms with van der Waals surface area (Å²) < 4.78 is 31.6. The summed E-state index contributed by atoms with van der Waals surface area (Å²) in [7, 11) is -4.67. The number of anilines is 2. The van der Waals surface area contributed by atoms with Crippen LogP contribution in [0, 0.1) is 20.8 Å². The molecule has 0 aromatic heterocycles. The number of nitrogen functional groups attached to an aromatic ring is 2. The normalized spacial score (nSPS) is 10.6. The van der Waals surface area contributed by atoms with Gasteiger partial charge in [0.15, 0.2) is 0 Å². The van der Waals surface area contributed by atoms with Crippen LogP contribution in [0.5, 0.6) is 0 Å². The van der Waals surface area contributed by atoms with E-state index in [1.165, 1.54) is 0 Å². The third kappa shape index (κ3) is 4.96. The summed E-state index contributed by atoms with van der Waals surface area (Å²) in [5, 5.41) is 0. The molecule has 1 aromatic rings. The van der Waals surface area contributed by atoms with Gasteiger partial charge in [-0.25, -0.2) is 0 Å². The number of hydrogen-bond acceptors (Lipinski definition) is 4. The molecule has 0 aliphatic rings. The van der Waals surface area contributed by atoms with Gasteiger partial charge >= 0.3 is 10.4 Å². The lowest BCUT2D eigenvalue weighted by molar-refractivity contribution is 0.381. The SMILES string of the molecule is Cc1cc(C)c(N)c(C)c1N.O=S(=O)(O)O. The van der Waals surface area contributed by atoms with Gasteiger partial charge in [0.25, 0.3) is 0 Å². The van der Waals surface area contributed by atoms with E-state index in [4.69, 9.17) is 29.0 Å². The van der Waals surface area contributed by atoms with Crippen molar-refractivity contribution in [2.75, 3.05) is 11.5 Å². The van der Waals surface area contributed by atoms with Crippen molar-refractivity contribution in [2.45, 2.75) is 20.8 Å². The Labute approximate surface area is 94.8 Å². The molecule has 0 fully saturated rings. The Morgan fingerprint density at radius 2 is 1.25 bits per heavy atom. The molecule has 1 rings (SSSR count). The number of nitrogens with two attached hydrogens (primary N) is 2. The highest BCUT2D eigenvalue weighted by molar-refractivity contribution is 7.79. The highest BCUT2D eigenvalue weighted by Gasteiger charge is 2.04. The lowest BCUT2D eigenvalue weighted by atomic mass is 10.0. The van der Waals surface area contributed by atoms with E-state index in [0.717, 1.165) is 28.1 Å². The number of rotatable bonds is 0. The van der Waals surface area contributed by atoms with Crippen molar-refractivity contribution >= 4 is 21.8 Å². The van der Waals surface area contributed by atoms with E-state index in [9.17, 15) is 0 Å². The van der Waals surface area contributed by atoms with E-state index >= 15 is 0 Å². The summed E-state index contributed by atoms with van der Waals surface area (Å²) in [6.45, 7) is 5.94. The first-order chi connectivity index (χ1) is 7.04. The zero-order valence-corrected chi connectivity index (χ0v) is 10.2. The van der Waals surface area contributed by atoms with Crippen LogP contribution in [0.15, 0.2) is 6.07 Å². The number of hydrogen-bond donors (Lipinski definition) is 4. The van der Waals surface area contributed by atoms with Gasteiger partial charge in [-0.05, 0) is 37.5 Å². The van der Waals surface area contributed by atoms with Gasteiger partial charge in [0.05, 0.1) is 0 Å². The molecule has 0 radical (unpaired) electrons. The van der Waals surface area contributed by atoms with Crippen LogP contribution in [0.25, 0.3) is 0 Å². The molecule has 0 aliphatic carbocycles. The first-order valence-corrected chi connectivity index (χ1v) is 5.75. The third-order valence-corrected chi connectivity index (χ3v) is 2.09. The van der Waals surface area contributed by atoms with Crippen LogP contribution >= 0.6 is 0 Å². The second-order valence-electron chi connectivity index (χ2n) is 3.41. The Hall–Kier alpha value is -1.31. The van der Waals surface area contributed by atoms with Gasteiger partial charge in [-0.1, -0.05) is 6.07 Å². The van der Waals surface area contributed by atoms with Crippen LogP contribution in [-0.4, -0.2) is 17.5 Å². The van der Waals surface area contributed by atoms with E-state index in [1.54, 1.807) is 0 Å². The average molecular weight is 248 g/mol. The monoisotopic (exact) mass is 248 g/mol. The molecule has 1 aromatic carbocycles. The molecule has 0 aliphatic heterocycles. The van der Waals surface area contributed by atoms with Crippen LogP contribution in [0.1, 0.15) is 16.7 Å². The molecule has 0 amide bonds. The standard InChI is InChI=1S/C9H14N2.H2O4S/c1-5-4-6(2)9(11)7(3)8(5)10;1-5(2,3)4/h4H,10-11H2,1-3H3;(H2,1,2,3,4). The zero-order chi connectivity index (χ0) is 13.1. The van der Waals surface area contributed by atoms with Gasteiger partial charge in [-0.15, -0.1) is 0 Å². The highest BCUT2D eigenvalue weighted by Crippen LogP contribution is 2.25. The molecule has 0 bridgehead atoms. The molecule has 0 saturated heterocycles. The Kier molecular flexibility index (Phi) is 4.73. The molecule has 6 nitrogen and oxygen atoms in total. The second kappa shape index (κ2) is 5.15. The molecule has 16 heavy (non-hydrogen) atoms. The predicted molar refractivity (Wildman–Crippen MR) is 63.7 cm³/mol. The Morgan fingerprint density at radius 3 is 1.50 bits per heavy atom. The van der Waals surface area contributed by atoms with Gasteiger partial charge in [0, 0.05) is 11.4 Å². The second-order valence-corrected chi connectivity index (χ2v) is 4.31. The minimum absolute atomic E-state index is 0.813. The zero-order valence-electron chi connectivity index (χ0n) is 9.35. The maximum absolute atomic E-state index is 8.74. The minimum atomic E-state index is -4.67. The largest absolute Gasteiger partial charge is 0.398 e. The van der Waals surface area contributed by atoms with Crippen LogP contribution in [0.4, 0.5) is 11.4 Å². The Morgan fingerprint density at radius 1 is 1.00 bits per heavy atom. The molecule has 92 valence electrons. The van der Waals surface area contributed by atoms with Crippen molar-refractivity contribution in [3.05, 3.63) is 22.8 Å². The van der Waals surface area contributed by atoms with Gasteiger partial charge < -0.3 is 11.5 Å². The fraction of sp³-hybridized carbons (Fsp3) is 0.333. The van der Waals surface area contributed by atoms with Crippen molar-refractivity contribution in [3.8, 4) is 0 Å². The Bertz CT molecular complexity index is 449. The van der Waals surface area contributed by atoms with Crippen LogP contribution < -0.4 is 11.5 Å². The topological polar surface area (TPSA) is 127 Å². The fourth-order valence-corrected chi connectivity index (χ4v) is 1.22. The first kappa shape index (κ1) is 14.7. The first-order valence-electron chi connectivity index (χ1n) is 4.35. The third-order valence-electron chi connectivity index (χ3n) is 2.09. The van der Waals surface area contributed by atoms with E-state index in [0.29, 0.717) is 0 Å². The smallest absolute Gasteiger partial charge is 0.394 e. The van der Waals surface area contributed by atoms with Gasteiger partial charge in [0.1, 0.15) is 0 Å². The van der Waals surface area contributed by atoms with Crippen molar-refractivity contribution in [3.63, 3.8) is 0 Å². The fourth-order valence-electron chi connectivity index (χ4n) is 1.22. The minimum Gasteiger partial charge on any atom is -0.398 e. The van der Waals surface area contributed by atoms with Gasteiger partial charge in [-0.3, -0.25) is 9.11 Å². The van der Waals surface area contributed by atoms with Crippen LogP contribution in [0.2, 0.25) is 0 Å². The average Bonchev–Trinajstić information content (AvgIpc) is 2.09. The van der Waals surface area contributed by atoms with Crippen molar-refractivity contribution in [2.24, 2.45) is 0 Å². The molecule has 0 unspecified atom stereocenters. The quantitative estimate of drug-likeness (QED) is 0.402. The van der Waals surface area contributed by atoms with Gasteiger partial charge in [-0.2, -0.15) is 8.42 Å². The molecule has 0 atom stereocenters. The highest BCUT2D eigenvalue weighted by atomic mass is 32.3. The van der Waals surface area contributed by atoms with E-state index in [-0.39, 0.29) is 0 Å². The van der Waals surface area contributed by atoms with E-state index in [2.05, 4.69) is 0 Å². The van der Waals surface area contributed by atoms with Crippen LogP contribution in [-0.2, 0) is 10.4 Å². The molecular weight excluding hydrogens is 232 g/mol. The lowest BCUT2D eigenvalue weighted by Gasteiger charge is -2.09. The van der Waals surface area contributed by atoms with Gasteiger partial charge in [0.2, 0.25) is 0 Å². The van der Waals surface area contributed by atoms with Crippen molar-refractivity contribution in [1.29, 1.82) is 0 Å². The predicted octanol–water partition coefficient (Wildman–Crippen LogP) is 1.12. The molecule has 0 spiro atoms. The van der Waals surface area contributed by atoms with E-state index in [1.807, 2.05) is 26.8 Å². The van der Waals surface area contributed by atoms with Crippen molar-refractivity contribution in [1.82, 2.24) is 0 Å². The van der Waals surface area contributed by atoms with E-state index < -0.39 is 10.4 Å². The molecule has 7 heteroatoms.